The van der Waals surface area contributed by atoms with E-state index in [1.807, 2.05) is 6.07 Å². The molecule has 2 aromatic rings. The highest BCUT2D eigenvalue weighted by Crippen LogP contribution is 2.36. The molecule has 0 fully saturated rings. The first-order valence-electron chi connectivity index (χ1n) is 9.17. The van der Waals surface area contributed by atoms with Crippen molar-refractivity contribution in [3.8, 4) is 22.6 Å². The van der Waals surface area contributed by atoms with E-state index in [2.05, 4.69) is 5.32 Å². The van der Waals surface area contributed by atoms with Gasteiger partial charge in [0.25, 0.3) is 0 Å². The first-order chi connectivity index (χ1) is 14.0. The van der Waals surface area contributed by atoms with Crippen LogP contribution in [0.5, 0.6) is 11.5 Å². The van der Waals surface area contributed by atoms with Gasteiger partial charge < -0.3 is 19.9 Å². The third-order valence-electron chi connectivity index (χ3n) is 4.18. The second kappa shape index (κ2) is 11.0. The van der Waals surface area contributed by atoms with Gasteiger partial charge in [0.05, 0.1) is 13.7 Å². The second-order valence-corrected chi connectivity index (χ2v) is 6.31. The van der Waals surface area contributed by atoms with Crippen LogP contribution in [0.2, 0.25) is 0 Å². The normalized spacial score (nSPS) is 10.4. The maximum Gasteiger partial charge on any atom is 0.226 e. The van der Waals surface area contributed by atoms with E-state index < -0.39 is 5.82 Å². The van der Waals surface area contributed by atoms with Gasteiger partial charge >= 0.3 is 0 Å². The molecule has 0 atom stereocenters. The Kier molecular flexibility index (Phi) is 8.42. The molecule has 29 heavy (non-hydrogen) atoms. The number of hydrogen-bond acceptors (Lipinski definition) is 5. The summed E-state index contributed by atoms with van der Waals surface area (Å²) in [4.78, 5) is 11.7. The molecule has 156 valence electrons. The van der Waals surface area contributed by atoms with E-state index in [1.54, 1.807) is 37.4 Å². The number of hydrogen-bond donors (Lipinski definition) is 3. The van der Waals surface area contributed by atoms with Gasteiger partial charge in [0.1, 0.15) is 5.75 Å². The molecule has 0 aromatic heterocycles. The van der Waals surface area contributed by atoms with E-state index in [1.165, 1.54) is 7.11 Å². The van der Waals surface area contributed by atoms with Gasteiger partial charge in [-0.15, -0.1) is 0 Å². The molecule has 4 N–H and O–H groups in total. The minimum atomic E-state index is -0.467. The minimum absolute atomic E-state index is 0.151. The number of rotatable bonds is 10. The van der Waals surface area contributed by atoms with Crippen molar-refractivity contribution in [3.63, 3.8) is 0 Å². The Morgan fingerprint density at radius 2 is 1.93 bits per heavy atom. The lowest BCUT2D eigenvalue weighted by atomic mass is 9.99. The number of carbonyl (C=O) groups is 1. The van der Waals surface area contributed by atoms with Crippen LogP contribution in [0.4, 0.5) is 4.39 Å². The van der Waals surface area contributed by atoms with Crippen LogP contribution in [0.15, 0.2) is 36.4 Å². The standard InChI is InChI=1S/C21H26FN3O4/c1-27-11-4-12-29-18-13-14(8-10-19(26)25-21(23)24)7-9-15(18)16-5-3-6-17(28-2)20(16)22/h3,5-7,9,13H,4,8,10-12H2,1-2H3,(H4,23,24,25,26). The number of nitrogens with one attached hydrogen (secondary N) is 2. The van der Waals surface area contributed by atoms with E-state index >= 15 is 0 Å². The summed E-state index contributed by atoms with van der Waals surface area (Å²) in [7, 11) is 3.03. The summed E-state index contributed by atoms with van der Waals surface area (Å²) in [5.74, 6) is -0.537. The number of methoxy groups -OCH3 is 2. The Balaban J connectivity index is 2.28. The molecule has 0 saturated carbocycles. The fourth-order valence-electron chi connectivity index (χ4n) is 2.80. The summed E-state index contributed by atoms with van der Waals surface area (Å²) >= 11 is 0. The lowest BCUT2D eigenvalue weighted by molar-refractivity contribution is -0.119. The van der Waals surface area contributed by atoms with Crippen molar-refractivity contribution < 1.29 is 23.4 Å². The van der Waals surface area contributed by atoms with Crippen LogP contribution in [0.1, 0.15) is 18.4 Å². The number of benzene rings is 2. The lowest BCUT2D eigenvalue weighted by Gasteiger charge is -2.15. The summed E-state index contributed by atoms with van der Waals surface area (Å²) < 4.78 is 30.8. The van der Waals surface area contributed by atoms with Gasteiger partial charge in [0.2, 0.25) is 5.91 Å². The number of carbonyl (C=O) groups excluding carboxylic acids is 1. The summed E-state index contributed by atoms with van der Waals surface area (Å²) in [5.41, 5.74) is 6.97. The number of amides is 1. The topological polar surface area (TPSA) is 107 Å². The van der Waals surface area contributed by atoms with Crippen LogP contribution in [0, 0.1) is 11.2 Å². The highest BCUT2D eigenvalue weighted by atomic mass is 19.1. The molecule has 0 aliphatic carbocycles. The maximum atomic E-state index is 14.8. The molecule has 7 nitrogen and oxygen atoms in total. The van der Waals surface area contributed by atoms with Gasteiger partial charge in [-0.25, -0.2) is 4.39 Å². The summed E-state index contributed by atoms with van der Waals surface area (Å²) in [6.07, 6.45) is 1.27. The Morgan fingerprint density at radius 3 is 2.62 bits per heavy atom. The molecule has 0 radical (unpaired) electrons. The molecular weight excluding hydrogens is 377 g/mol. The molecule has 0 bridgehead atoms. The SMILES string of the molecule is COCCCOc1cc(CCC(=O)NC(=N)N)ccc1-c1cccc(OC)c1F. The fourth-order valence-corrected chi connectivity index (χ4v) is 2.80. The molecule has 0 aliphatic heterocycles. The fraction of sp³-hybridized carbons (Fsp3) is 0.333. The summed E-state index contributed by atoms with van der Waals surface area (Å²) in [6.45, 7) is 0.953. The maximum absolute atomic E-state index is 14.8. The van der Waals surface area contributed by atoms with Crippen molar-refractivity contribution in [3.05, 3.63) is 47.8 Å². The molecule has 0 unspecified atom stereocenters. The zero-order valence-electron chi connectivity index (χ0n) is 16.6. The zero-order valence-corrected chi connectivity index (χ0v) is 16.6. The van der Waals surface area contributed by atoms with Gasteiger partial charge in [-0.2, -0.15) is 0 Å². The van der Waals surface area contributed by atoms with E-state index in [4.69, 9.17) is 25.4 Å². The van der Waals surface area contributed by atoms with Crippen LogP contribution in [-0.2, 0) is 16.0 Å². The van der Waals surface area contributed by atoms with Gasteiger partial charge in [-0.05, 0) is 24.1 Å². The zero-order chi connectivity index (χ0) is 21.2. The summed E-state index contributed by atoms with van der Waals surface area (Å²) in [6, 6.07) is 10.3. The molecule has 0 aliphatic rings. The lowest BCUT2D eigenvalue weighted by Crippen LogP contribution is -2.35. The van der Waals surface area contributed by atoms with Crippen LogP contribution in [-0.4, -0.2) is 39.3 Å². The number of aryl methyl sites for hydroxylation is 1. The third kappa shape index (κ3) is 6.46. The number of guanidine groups is 1. The van der Waals surface area contributed by atoms with Crippen LogP contribution in [0.3, 0.4) is 0 Å². The average Bonchev–Trinajstić information content (AvgIpc) is 2.70. The first kappa shape index (κ1) is 22.2. The quantitative estimate of drug-likeness (QED) is 0.321. The van der Waals surface area contributed by atoms with Gasteiger partial charge in [-0.1, -0.05) is 24.3 Å². The van der Waals surface area contributed by atoms with Crippen LogP contribution < -0.4 is 20.5 Å². The Bertz CT molecular complexity index is 858. The van der Waals surface area contributed by atoms with Crippen LogP contribution >= 0.6 is 0 Å². The molecule has 2 rings (SSSR count). The number of halogens is 1. The van der Waals surface area contributed by atoms with Gasteiger partial charge in [0.15, 0.2) is 17.5 Å². The Labute approximate surface area is 169 Å². The van der Waals surface area contributed by atoms with E-state index in [0.29, 0.717) is 42.9 Å². The van der Waals surface area contributed by atoms with Crippen LogP contribution in [0.25, 0.3) is 11.1 Å². The second-order valence-electron chi connectivity index (χ2n) is 6.31. The summed E-state index contributed by atoms with van der Waals surface area (Å²) in [5, 5.41) is 9.35. The van der Waals surface area contributed by atoms with Crippen molar-refractivity contribution in [1.29, 1.82) is 5.41 Å². The van der Waals surface area contributed by atoms with E-state index in [-0.39, 0.29) is 24.0 Å². The van der Waals surface area contributed by atoms with E-state index in [9.17, 15) is 9.18 Å². The molecule has 8 heteroatoms. The predicted molar refractivity (Wildman–Crippen MR) is 109 cm³/mol. The van der Waals surface area contributed by atoms with Crippen molar-refractivity contribution in [2.45, 2.75) is 19.3 Å². The molecule has 0 heterocycles. The molecule has 2 aromatic carbocycles. The Morgan fingerprint density at radius 1 is 1.14 bits per heavy atom. The smallest absolute Gasteiger partial charge is 0.226 e. The Hall–Kier alpha value is -3.13. The minimum Gasteiger partial charge on any atom is -0.494 e. The average molecular weight is 403 g/mol. The van der Waals surface area contributed by atoms with Gasteiger partial charge in [0, 0.05) is 37.7 Å². The monoisotopic (exact) mass is 403 g/mol. The third-order valence-corrected chi connectivity index (χ3v) is 4.18. The van der Waals surface area contributed by atoms with Crippen molar-refractivity contribution in [1.82, 2.24) is 5.32 Å². The van der Waals surface area contributed by atoms with Crippen molar-refractivity contribution in [2.24, 2.45) is 5.73 Å². The number of nitrogens with two attached hydrogens (primary N) is 1. The molecular formula is C21H26FN3O4. The predicted octanol–water partition coefficient (Wildman–Crippen LogP) is 2.86. The molecule has 0 saturated heterocycles. The van der Waals surface area contributed by atoms with Crippen molar-refractivity contribution in [2.75, 3.05) is 27.4 Å². The largest absolute Gasteiger partial charge is 0.494 e. The highest BCUT2D eigenvalue weighted by Gasteiger charge is 2.16. The van der Waals surface area contributed by atoms with Crippen molar-refractivity contribution >= 4 is 11.9 Å². The van der Waals surface area contributed by atoms with Gasteiger partial charge in [-0.3, -0.25) is 15.5 Å². The molecule has 0 spiro atoms. The van der Waals surface area contributed by atoms with E-state index in [0.717, 1.165) is 5.56 Å². The highest BCUT2D eigenvalue weighted by molar-refractivity contribution is 5.94. The first-order valence-corrected chi connectivity index (χ1v) is 9.17. The molecule has 1 amide bonds. The number of ether oxygens (including phenoxy) is 3.